The van der Waals surface area contributed by atoms with Crippen LogP contribution in [0.5, 0.6) is 0 Å². The van der Waals surface area contributed by atoms with E-state index in [0.717, 1.165) is 19.3 Å². The van der Waals surface area contributed by atoms with Crippen molar-refractivity contribution in [3.05, 3.63) is 12.1 Å². The van der Waals surface area contributed by atoms with Crippen LogP contribution < -0.4 is 0 Å². The summed E-state index contributed by atoms with van der Waals surface area (Å²) in [6.45, 7) is 2.06. The average molecular weight is 182 g/mol. The number of unbranched alkanes of at least 4 members (excludes halogenated alkanes) is 3. The third-order valence-electron chi connectivity index (χ3n) is 1.38. The molecule has 0 fully saturated rings. The number of halogens is 3. The second-order valence-electron chi connectivity index (χ2n) is 2.44. The average Bonchev–Trinajstić information content (AvgIpc) is 2.03. The van der Waals surface area contributed by atoms with Crippen molar-refractivity contribution >= 4 is 0 Å². The lowest BCUT2D eigenvalue weighted by molar-refractivity contribution is 0.116. The van der Waals surface area contributed by atoms with Crippen molar-refractivity contribution in [2.75, 3.05) is 6.61 Å². The minimum Gasteiger partial charge on any atom is -0.467 e. The molecular weight excluding hydrogens is 169 g/mol. The highest BCUT2D eigenvalue weighted by Gasteiger charge is 2.04. The topological polar surface area (TPSA) is 9.23 Å². The minimum absolute atomic E-state index is 0.0309. The third-order valence-corrected chi connectivity index (χ3v) is 1.38. The zero-order chi connectivity index (χ0) is 9.40. The van der Waals surface area contributed by atoms with Gasteiger partial charge in [-0.2, -0.15) is 13.2 Å². The Balaban J connectivity index is 3.26. The minimum atomic E-state index is -2.38. The molecule has 0 aliphatic rings. The fourth-order valence-corrected chi connectivity index (χ4v) is 0.745. The van der Waals surface area contributed by atoms with Crippen LogP contribution >= 0.6 is 0 Å². The maximum Gasteiger partial charge on any atom is 0.342 e. The molecule has 1 nitrogen and oxygen atoms in total. The van der Waals surface area contributed by atoms with Crippen LogP contribution in [0.25, 0.3) is 0 Å². The molecule has 0 aromatic rings. The summed E-state index contributed by atoms with van der Waals surface area (Å²) in [6, 6.07) is -1.74. The predicted molar refractivity (Wildman–Crippen MR) is 40.4 cm³/mol. The van der Waals surface area contributed by atoms with Gasteiger partial charge in [-0.15, -0.1) is 0 Å². The summed E-state index contributed by atoms with van der Waals surface area (Å²) in [5, 5.41) is 0. The van der Waals surface area contributed by atoms with E-state index < -0.39 is 12.1 Å². The van der Waals surface area contributed by atoms with Crippen molar-refractivity contribution in [1.29, 1.82) is 0 Å². The lowest BCUT2D eigenvalue weighted by Gasteiger charge is -2.00. The molecule has 0 amide bonds. The van der Waals surface area contributed by atoms with Gasteiger partial charge in [-0.3, -0.25) is 0 Å². The molecule has 0 heterocycles. The first kappa shape index (κ1) is 11.3. The molecular formula is C8H13F3O. The largest absolute Gasteiger partial charge is 0.467 e. The Bertz CT molecular complexity index is 141. The van der Waals surface area contributed by atoms with Gasteiger partial charge in [0.05, 0.1) is 6.61 Å². The number of hydrogen-bond donors (Lipinski definition) is 0. The molecule has 0 unspecified atom stereocenters. The molecule has 0 radical (unpaired) electrons. The smallest absolute Gasteiger partial charge is 0.342 e. The summed E-state index contributed by atoms with van der Waals surface area (Å²) in [5.74, 6) is 0. The predicted octanol–water partition coefficient (Wildman–Crippen LogP) is 3.62. The summed E-state index contributed by atoms with van der Waals surface area (Å²) in [5.41, 5.74) is 0. The Kier molecular flexibility index (Phi) is 6.61. The molecule has 0 saturated carbocycles. The SMILES string of the molecule is CCCCCCOC(F)=C(F)F. The van der Waals surface area contributed by atoms with E-state index in [4.69, 9.17) is 0 Å². The van der Waals surface area contributed by atoms with E-state index >= 15 is 0 Å². The molecule has 0 aliphatic heterocycles. The quantitative estimate of drug-likeness (QED) is 0.450. The van der Waals surface area contributed by atoms with Gasteiger partial charge in [0, 0.05) is 0 Å². The lowest BCUT2D eigenvalue weighted by Crippen LogP contribution is -1.92. The van der Waals surface area contributed by atoms with Crippen molar-refractivity contribution in [3.8, 4) is 0 Å². The second-order valence-corrected chi connectivity index (χ2v) is 2.44. The summed E-state index contributed by atoms with van der Waals surface area (Å²) >= 11 is 0. The molecule has 72 valence electrons. The van der Waals surface area contributed by atoms with Gasteiger partial charge in [-0.05, 0) is 6.42 Å². The van der Waals surface area contributed by atoms with Crippen molar-refractivity contribution < 1.29 is 17.9 Å². The Labute approximate surface area is 70.2 Å². The molecule has 0 bridgehead atoms. The van der Waals surface area contributed by atoms with Crippen LogP contribution in [0.1, 0.15) is 32.6 Å². The Morgan fingerprint density at radius 2 is 1.75 bits per heavy atom. The standard InChI is InChI=1S/C8H13F3O/c1-2-3-4-5-6-12-8(11)7(9)10/h2-6H2,1H3. The van der Waals surface area contributed by atoms with Crippen LogP contribution in [0.3, 0.4) is 0 Å². The van der Waals surface area contributed by atoms with Crippen LogP contribution in [-0.2, 0) is 4.74 Å². The highest BCUT2D eigenvalue weighted by Crippen LogP contribution is 2.11. The van der Waals surface area contributed by atoms with Gasteiger partial charge in [0.1, 0.15) is 0 Å². The molecule has 0 aliphatic carbocycles. The van der Waals surface area contributed by atoms with Crippen molar-refractivity contribution in [2.24, 2.45) is 0 Å². The molecule has 0 aromatic heterocycles. The fourth-order valence-electron chi connectivity index (χ4n) is 0.745. The van der Waals surface area contributed by atoms with Crippen LogP contribution in [0, 0.1) is 0 Å². The molecule has 12 heavy (non-hydrogen) atoms. The number of ether oxygens (including phenoxy) is 1. The Hall–Kier alpha value is -0.670. The number of hydrogen-bond acceptors (Lipinski definition) is 1. The Morgan fingerprint density at radius 3 is 2.25 bits per heavy atom. The lowest BCUT2D eigenvalue weighted by atomic mass is 10.2. The summed E-state index contributed by atoms with van der Waals surface area (Å²) in [4.78, 5) is 0. The first-order chi connectivity index (χ1) is 5.68. The van der Waals surface area contributed by atoms with Crippen molar-refractivity contribution in [2.45, 2.75) is 32.6 Å². The maximum atomic E-state index is 11.9. The Morgan fingerprint density at radius 1 is 1.08 bits per heavy atom. The van der Waals surface area contributed by atoms with Gasteiger partial charge in [0.25, 0.3) is 0 Å². The van der Waals surface area contributed by atoms with Crippen LogP contribution in [0.15, 0.2) is 12.1 Å². The highest BCUT2D eigenvalue weighted by molar-refractivity contribution is 4.80. The van der Waals surface area contributed by atoms with Crippen LogP contribution in [-0.4, -0.2) is 6.61 Å². The van der Waals surface area contributed by atoms with E-state index in [1.54, 1.807) is 0 Å². The molecule has 0 spiro atoms. The van der Waals surface area contributed by atoms with Gasteiger partial charge in [-0.1, -0.05) is 26.2 Å². The molecule has 0 aromatic carbocycles. The molecule has 0 N–H and O–H groups in total. The van der Waals surface area contributed by atoms with E-state index in [9.17, 15) is 13.2 Å². The fraction of sp³-hybridized carbons (Fsp3) is 0.750. The van der Waals surface area contributed by atoms with Crippen LogP contribution in [0.2, 0.25) is 0 Å². The second kappa shape index (κ2) is 7.00. The van der Waals surface area contributed by atoms with Gasteiger partial charge in [0.2, 0.25) is 0 Å². The van der Waals surface area contributed by atoms with E-state index in [1.165, 1.54) is 0 Å². The molecule has 4 heteroatoms. The van der Waals surface area contributed by atoms with Gasteiger partial charge in [0.15, 0.2) is 0 Å². The normalized spacial score (nSPS) is 9.67. The zero-order valence-electron chi connectivity index (χ0n) is 7.08. The summed E-state index contributed by atoms with van der Waals surface area (Å²) < 4.78 is 38.8. The highest BCUT2D eigenvalue weighted by atomic mass is 19.3. The monoisotopic (exact) mass is 182 g/mol. The summed E-state index contributed by atoms with van der Waals surface area (Å²) in [6.07, 6.45) is 1.19. The first-order valence-electron chi connectivity index (χ1n) is 4.02. The van der Waals surface area contributed by atoms with Crippen LogP contribution in [0.4, 0.5) is 13.2 Å². The zero-order valence-corrected chi connectivity index (χ0v) is 7.08. The first-order valence-corrected chi connectivity index (χ1v) is 4.02. The molecule has 0 rings (SSSR count). The molecule has 0 atom stereocenters. The molecule has 0 saturated heterocycles. The van der Waals surface area contributed by atoms with Gasteiger partial charge < -0.3 is 4.74 Å². The number of rotatable bonds is 6. The maximum absolute atomic E-state index is 11.9. The van der Waals surface area contributed by atoms with E-state index in [1.807, 2.05) is 6.92 Å². The van der Waals surface area contributed by atoms with Crippen molar-refractivity contribution in [3.63, 3.8) is 0 Å². The van der Waals surface area contributed by atoms with E-state index in [-0.39, 0.29) is 6.61 Å². The van der Waals surface area contributed by atoms with Gasteiger partial charge >= 0.3 is 12.1 Å². The van der Waals surface area contributed by atoms with Crippen molar-refractivity contribution in [1.82, 2.24) is 0 Å². The van der Waals surface area contributed by atoms with E-state index in [0.29, 0.717) is 6.42 Å². The third kappa shape index (κ3) is 6.07. The van der Waals surface area contributed by atoms with Gasteiger partial charge in [-0.25, -0.2) is 0 Å². The van der Waals surface area contributed by atoms with E-state index in [2.05, 4.69) is 4.74 Å². The summed E-state index contributed by atoms with van der Waals surface area (Å²) in [7, 11) is 0.